The number of carbonyl (C=O) groups excluding carboxylic acids is 2. The zero-order chi connectivity index (χ0) is 54.3. The summed E-state index contributed by atoms with van der Waals surface area (Å²) >= 11 is 0. The molecule has 0 bridgehead atoms. The monoisotopic (exact) mass is 1060 g/mol. The second-order valence-electron chi connectivity index (χ2n) is 23.9. The first kappa shape index (κ1) is 73.6. The van der Waals surface area contributed by atoms with Gasteiger partial charge >= 0.3 is 5.97 Å². The summed E-state index contributed by atoms with van der Waals surface area (Å²) in [7, 11) is 0. The molecule has 0 saturated carbocycles. The molecule has 0 fully saturated rings. The molecule has 0 aromatic carbocycles. The van der Waals surface area contributed by atoms with Gasteiger partial charge in [0, 0.05) is 12.8 Å². The summed E-state index contributed by atoms with van der Waals surface area (Å²) in [6, 6.07) is -0.630. The summed E-state index contributed by atoms with van der Waals surface area (Å²) < 4.78 is 5.50. The molecule has 0 aliphatic heterocycles. The molecule has 2 unspecified atom stereocenters. The summed E-state index contributed by atoms with van der Waals surface area (Å²) in [5.74, 6) is -0.0502. The zero-order valence-corrected chi connectivity index (χ0v) is 51.1. The van der Waals surface area contributed by atoms with Crippen LogP contribution in [0.3, 0.4) is 0 Å². The maximum atomic E-state index is 12.5. The van der Waals surface area contributed by atoms with Gasteiger partial charge in [-0.25, -0.2) is 0 Å². The lowest BCUT2D eigenvalue weighted by Gasteiger charge is -2.20. The van der Waals surface area contributed by atoms with E-state index < -0.39 is 12.1 Å². The standard InChI is InChI=1S/C69H135NO5/c1-3-5-7-9-11-13-15-17-19-21-22-23-26-30-33-37-41-45-49-53-57-61-67(72)66(65-71)70-68(73)62-58-54-50-46-42-38-34-31-27-24-25-28-32-36-40-44-48-52-56-60-64-75-69(74)63-59-55-51-47-43-39-35-29-20-18-16-14-12-10-8-6-4-2/h57,61,66-67,71-72H,3-56,58-60,62-65H2,1-2H3,(H,70,73)/b61-57+. The fraction of sp³-hybridized carbons (Fsp3) is 0.942. The van der Waals surface area contributed by atoms with Crippen LogP contribution < -0.4 is 5.32 Å². The van der Waals surface area contributed by atoms with Crippen molar-refractivity contribution in [2.45, 2.75) is 405 Å². The van der Waals surface area contributed by atoms with Crippen LogP contribution in [-0.4, -0.2) is 47.4 Å². The minimum absolute atomic E-state index is 0.0151. The van der Waals surface area contributed by atoms with Crippen LogP contribution in [0, 0.1) is 0 Å². The lowest BCUT2D eigenvalue weighted by Crippen LogP contribution is -2.45. The van der Waals surface area contributed by atoms with Crippen molar-refractivity contribution < 1.29 is 24.5 Å². The number of esters is 1. The van der Waals surface area contributed by atoms with E-state index >= 15 is 0 Å². The second-order valence-corrected chi connectivity index (χ2v) is 23.9. The van der Waals surface area contributed by atoms with Crippen LogP contribution in [-0.2, 0) is 14.3 Å². The molecule has 0 radical (unpaired) electrons. The molecule has 1 amide bonds. The van der Waals surface area contributed by atoms with Crippen molar-refractivity contribution in [2.75, 3.05) is 13.2 Å². The van der Waals surface area contributed by atoms with Crippen LogP contribution in [0.4, 0.5) is 0 Å². The molecule has 0 heterocycles. The van der Waals surface area contributed by atoms with Gasteiger partial charge in [0.1, 0.15) is 0 Å². The average molecular weight is 1060 g/mol. The molecule has 0 spiro atoms. The number of carbonyl (C=O) groups is 2. The van der Waals surface area contributed by atoms with Crippen LogP contribution in [0.5, 0.6) is 0 Å². The molecule has 0 aromatic rings. The Morgan fingerprint density at radius 3 is 0.907 bits per heavy atom. The van der Waals surface area contributed by atoms with Gasteiger partial charge in [-0.1, -0.05) is 360 Å². The largest absolute Gasteiger partial charge is 0.466 e. The summed E-state index contributed by atoms with van der Waals surface area (Å²) in [5.41, 5.74) is 0. The van der Waals surface area contributed by atoms with E-state index in [-0.39, 0.29) is 18.5 Å². The number of unbranched alkanes of at least 4 members (excludes halogenated alkanes) is 54. The van der Waals surface area contributed by atoms with Gasteiger partial charge in [0.05, 0.1) is 25.4 Å². The predicted molar refractivity (Wildman–Crippen MR) is 329 cm³/mol. The van der Waals surface area contributed by atoms with E-state index in [1.165, 1.54) is 327 Å². The number of amides is 1. The van der Waals surface area contributed by atoms with Crippen molar-refractivity contribution in [1.29, 1.82) is 0 Å². The number of hydrogen-bond acceptors (Lipinski definition) is 5. The number of hydrogen-bond donors (Lipinski definition) is 3. The fourth-order valence-corrected chi connectivity index (χ4v) is 11.1. The molecule has 6 nitrogen and oxygen atoms in total. The van der Waals surface area contributed by atoms with Crippen LogP contribution >= 0.6 is 0 Å². The third kappa shape index (κ3) is 61.7. The highest BCUT2D eigenvalue weighted by Crippen LogP contribution is 2.19. The van der Waals surface area contributed by atoms with E-state index in [9.17, 15) is 19.8 Å². The summed E-state index contributed by atoms with van der Waals surface area (Å²) in [5, 5.41) is 23.2. The maximum Gasteiger partial charge on any atom is 0.305 e. The Balaban J connectivity index is 3.40. The number of ether oxygens (including phenoxy) is 1. The molecule has 6 heteroatoms. The van der Waals surface area contributed by atoms with Crippen molar-refractivity contribution >= 4 is 11.9 Å². The van der Waals surface area contributed by atoms with Gasteiger partial charge in [-0.15, -0.1) is 0 Å². The Hall–Kier alpha value is -1.40. The van der Waals surface area contributed by atoms with E-state index in [1.54, 1.807) is 6.08 Å². The third-order valence-corrected chi connectivity index (χ3v) is 16.3. The van der Waals surface area contributed by atoms with Gasteiger partial charge in [0.15, 0.2) is 0 Å². The summed E-state index contributed by atoms with van der Waals surface area (Å²) in [6.45, 7) is 4.95. The van der Waals surface area contributed by atoms with Crippen molar-refractivity contribution in [3.05, 3.63) is 12.2 Å². The highest BCUT2D eigenvalue weighted by atomic mass is 16.5. The first-order valence-corrected chi connectivity index (χ1v) is 34.5. The first-order chi connectivity index (χ1) is 37.0. The molecule has 0 saturated heterocycles. The molecular weight excluding hydrogens is 923 g/mol. The van der Waals surface area contributed by atoms with Crippen molar-refractivity contribution in [1.82, 2.24) is 5.32 Å². The predicted octanol–water partition coefficient (Wildman–Crippen LogP) is 22.0. The van der Waals surface area contributed by atoms with E-state index in [2.05, 4.69) is 19.2 Å². The first-order valence-electron chi connectivity index (χ1n) is 34.5. The van der Waals surface area contributed by atoms with Gasteiger partial charge in [-0.3, -0.25) is 9.59 Å². The lowest BCUT2D eigenvalue weighted by atomic mass is 10.0. The van der Waals surface area contributed by atoms with Gasteiger partial charge in [-0.2, -0.15) is 0 Å². The third-order valence-electron chi connectivity index (χ3n) is 16.3. The van der Waals surface area contributed by atoms with Gasteiger partial charge in [-0.05, 0) is 32.1 Å². The second kappa shape index (κ2) is 65.1. The number of aliphatic hydroxyl groups excluding tert-OH is 2. The minimum Gasteiger partial charge on any atom is -0.466 e. The molecule has 0 aliphatic carbocycles. The topological polar surface area (TPSA) is 95.9 Å². The molecule has 2 atom stereocenters. The number of allylic oxidation sites excluding steroid dienone is 1. The Bertz CT molecular complexity index is 1130. The molecule has 446 valence electrons. The highest BCUT2D eigenvalue weighted by Gasteiger charge is 2.18. The van der Waals surface area contributed by atoms with Crippen LogP contribution in [0.2, 0.25) is 0 Å². The molecule has 3 N–H and O–H groups in total. The van der Waals surface area contributed by atoms with Crippen molar-refractivity contribution in [2.24, 2.45) is 0 Å². The summed E-state index contributed by atoms with van der Waals surface area (Å²) in [4.78, 5) is 24.6. The van der Waals surface area contributed by atoms with Crippen molar-refractivity contribution in [3.8, 4) is 0 Å². The SMILES string of the molecule is CCCCCCCCCCCCCCCCCCCCC/C=C/C(O)C(CO)NC(=O)CCCCCCCCCCCCCCCCCCCCCCOC(=O)CCCCCCCCCCCCCCCCCCC. The maximum absolute atomic E-state index is 12.5. The highest BCUT2D eigenvalue weighted by molar-refractivity contribution is 5.76. The average Bonchev–Trinajstić information content (AvgIpc) is 3.41. The Labute approximate surface area is 469 Å². The normalized spacial score (nSPS) is 12.5. The van der Waals surface area contributed by atoms with Crippen LogP contribution in [0.25, 0.3) is 0 Å². The fourth-order valence-electron chi connectivity index (χ4n) is 11.1. The van der Waals surface area contributed by atoms with Crippen LogP contribution in [0.15, 0.2) is 12.2 Å². The van der Waals surface area contributed by atoms with E-state index in [4.69, 9.17) is 4.74 Å². The molecule has 0 aliphatic rings. The molecule has 0 aromatic heterocycles. The van der Waals surface area contributed by atoms with E-state index in [0.29, 0.717) is 19.4 Å². The van der Waals surface area contributed by atoms with Gasteiger partial charge in [0.2, 0.25) is 5.91 Å². The lowest BCUT2D eigenvalue weighted by molar-refractivity contribution is -0.143. The quantitative estimate of drug-likeness (QED) is 0.0320. The van der Waals surface area contributed by atoms with E-state index in [1.807, 2.05) is 6.08 Å². The van der Waals surface area contributed by atoms with Crippen molar-refractivity contribution in [3.63, 3.8) is 0 Å². The number of rotatable bonds is 65. The van der Waals surface area contributed by atoms with E-state index in [0.717, 1.165) is 38.5 Å². The molecular formula is C69H135NO5. The number of nitrogens with one attached hydrogen (secondary N) is 1. The summed E-state index contributed by atoms with van der Waals surface area (Å²) in [6.07, 6.45) is 79.9. The van der Waals surface area contributed by atoms with Gasteiger partial charge in [0.25, 0.3) is 0 Å². The Kier molecular flexibility index (Phi) is 63.9. The van der Waals surface area contributed by atoms with Crippen LogP contribution in [0.1, 0.15) is 393 Å². The Morgan fingerprint density at radius 1 is 0.360 bits per heavy atom. The Morgan fingerprint density at radius 2 is 0.613 bits per heavy atom. The van der Waals surface area contributed by atoms with Gasteiger partial charge < -0.3 is 20.3 Å². The zero-order valence-electron chi connectivity index (χ0n) is 51.1. The minimum atomic E-state index is -0.846. The molecule has 75 heavy (non-hydrogen) atoms. The molecule has 0 rings (SSSR count). The smallest absolute Gasteiger partial charge is 0.305 e. The number of aliphatic hydroxyl groups is 2.